The Labute approximate surface area is 151 Å². The summed E-state index contributed by atoms with van der Waals surface area (Å²) < 4.78 is 0. The zero-order valence-electron chi connectivity index (χ0n) is 16.5. The third-order valence-corrected chi connectivity index (χ3v) is 8.02. The highest BCUT2D eigenvalue weighted by Crippen LogP contribution is 2.46. The van der Waals surface area contributed by atoms with E-state index in [1.54, 1.807) is 51.4 Å². The molecule has 0 aromatic carbocycles. The molecule has 0 spiro atoms. The zero-order valence-corrected chi connectivity index (χ0v) is 16.5. The largest absolute Gasteiger partial charge is 0.0914 e. The number of rotatable bonds is 5. The maximum atomic E-state index is 2.46. The van der Waals surface area contributed by atoms with E-state index in [1.807, 2.05) is 0 Å². The first-order valence-electron chi connectivity index (χ1n) is 11.4. The highest BCUT2D eigenvalue weighted by molar-refractivity contribution is 4.91. The summed E-state index contributed by atoms with van der Waals surface area (Å²) in [7, 11) is 0. The van der Waals surface area contributed by atoms with E-state index < -0.39 is 0 Å². The maximum Gasteiger partial charge on any atom is -0.0233 e. The van der Waals surface area contributed by atoms with Gasteiger partial charge in [-0.15, -0.1) is 0 Å². The molecule has 24 heavy (non-hydrogen) atoms. The summed E-state index contributed by atoms with van der Waals surface area (Å²) >= 11 is 0. The predicted molar refractivity (Wildman–Crippen MR) is 106 cm³/mol. The van der Waals surface area contributed by atoms with Crippen LogP contribution in [0.25, 0.3) is 0 Å². The van der Waals surface area contributed by atoms with Gasteiger partial charge in [-0.2, -0.15) is 0 Å². The highest BCUT2D eigenvalue weighted by atomic mass is 14.4. The van der Waals surface area contributed by atoms with Crippen molar-refractivity contribution in [2.24, 2.45) is 35.5 Å². The summed E-state index contributed by atoms with van der Waals surface area (Å²) in [6.07, 6.45) is 26.1. The lowest BCUT2D eigenvalue weighted by atomic mass is 9.65. The number of allylic oxidation sites excluding steroid dienone is 2. The summed E-state index contributed by atoms with van der Waals surface area (Å²) in [5.41, 5.74) is 0. The van der Waals surface area contributed by atoms with Gasteiger partial charge in [0.05, 0.1) is 0 Å². The Morgan fingerprint density at radius 2 is 1.04 bits per heavy atom. The summed E-state index contributed by atoms with van der Waals surface area (Å²) in [5.74, 6) is 6.35. The van der Waals surface area contributed by atoms with Crippen LogP contribution in [0.2, 0.25) is 0 Å². The second kappa shape index (κ2) is 9.44. The van der Waals surface area contributed by atoms with E-state index in [1.165, 1.54) is 38.5 Å². The lowest BCUT2D eigenvalue weighted by Gasteiger charge is -2.41. The quantitative estimate of drug-likeness (QED) is 0.451. The minimum absolute atomic E-state index is 0.904. The Morgan fingerprint density at radius 3 is 1.46 bits per heavy atom. The molecule has 138 valence electrons. The average molecular weight is 331 g/mol. The van der Waals surface area contributed by atoms with E-state index in [0.29, 0.717) is 0 Å². The SMILES string of the molecule is C/C=C/[C@H]1CC[C@H](C2CCC([C@H]3CC[C@H](CCC)CC3)CC2)CC1. The van der Waals surface area contributed by atoms with Gasteiger partial charge in [0.2, 0.25) is 0 Å². The molecule has 0 atom stereocenters. The Balaban J connectivity index is 1.37. The third kappa shape index (κ3) is 4.89. The van der Waals surface area contributed by atoms with E-state index >= 15 is 0 Å². The van der Waals surface area contributed by atoms with Crippen molar-refractivity contribution >= 4 is 0 Å². The van der Waals surface area contributed by atoms with Gasteiger partial charge in [0, 0.05) is 0 Å². The first-order valence-corrected chi connectivity index (χ1v) is 11.4. The van der Waals surface area contributed by atoms with Crippen LogP contribution in [0.5, 0.6) is 0 Å². The molecule has 0 N–H and O–H groups in total. The second-order valence-corrected chi connectivity index (χ2v) is 9.44. The second-order valence-electron chi connectivity index (χ2n) is 9.44. The van der Waals surface area contributed by atoms with Crippen LogP contribution in [0.3, 0.4) is 0 Å². The fourth-order valence-corrected chi connectivity index (χ4v) is 6.53. The van der Waals surface area contributed by atoms with Crippen LogP contribution in [0.15, 0.2) is 12.2 Å². The van der Waals surface area contributed by atoms with Gasteiger partial charge in [0.1, 0.15) is 0 Å². The Kier molecular flexibility index (Phi) is 7.29. The molecule has 0 heterocycles. The van der Waals surface area contributed by atoms with Gasteiger partial charge >= 0.3 is 0 Å². The smallest absolute Gasteiger partial charge is 0.0233 e. The molecule has 0 saturated heterocycles. The lowest BCUT2D eigenvalue weighted by Crippen LogP contribution is -2.29. The molecule has 0 nitrogen and oxygen atoms in total. The van der Waals surface area contributed by atoms with Crippen molar-refractivity contribution in [3.63, 3.8) is 0 Å². The van der Waals surface area contributed by atoms with Gasteiger partial charge in [-0.25, -0.2) is 0 Å². The van der Waals surface area contributed by atoms with Crippen molar-refractivity contribution in [2.45, 2.75) is 104 Å². The Bertz CT molecular complexity index is 357. The van der Waals surface area contributed by atoms with E-state index in [4.69, 9.17) is 0 Å². The van der Waals surface area contributed by atoms with Crippen molar-refractivity contribution in [1.82, 2.24) is 0 Å². The van der Waals surface area contributed by atoms with Crippen LogP contribution in [0.4, 0.5) is 0 Å². The van der Waals surface area contributed by atoms with Crippen molar-refractivity contribution in [1.29, 1.82) is 0 Å². The molecule has 3 fully saturated rings. The van der Waals surface area contributed by atoms with Crippen LogP contribution in [0.1, 0.15) is 104 Å². The molecular weight excluding hydrogens is 288 g/mol. The molecule has 0 bridgehead atoms. The van der Waals surface area contributed by atoms with Crippen LogP contribution in [-0.2, 0) is 0 Å². The summed E-state index contributed by atoms with van der Waals surface area (Å²) in [6.45, 7) is 4.54. The number of hydrogen-bond acceptors (Lipinski definition) is 0. The van der Waals surface area contributed by atoms with Gasteiger partial charge in [-0.3, -0.25) is 0 Å². The summed E-state index contributed by atoms with van der Waals surface area (Å²) in [4.78, 5) is 0. The molecule has 0 aliphatic heterocycles. The molecule has 3 aliphatic rings. The van der Waals surface area contributed by atoms with Gasteiger partial charge in [-0.05, 0) is 107 Å². The average Bonchev–Trinajstić information content (AvgIpc) is 2.64. The molecule has 0 aromatic heterocycles. The minimum Gasteiger partial charge on any atom is -0.0914 e. The Hall–Kier alpha value is -0.260. The molecule has 0 amide bonds. The summed E-state index contributed by atoms with van der Waals surface area (Å²) in [5, 5.41) is 0. The van der Waals surface area contributed by atoms with Gasteiger partial charge in [0.15, 0.2) is 0 Å². The molecule has 3 rings (SSSR count). The number of hydrogen-bond donors (Lipinski definition) is 0. The first-order chi connectivity index (χ1) is 11.8. The Morgan fingerprint density at radius 1 is 0.625 bits per heavy atom. The van der Waals surface area contributed by atoms with Crippen molar-refractivity contribution in [3.05, 3.63) is 12.2 Å². The highest BCUT2D eigenvalue weighted by Gasteiger charge is 2.34. The topological polar surface area (TPSA) is 0 Å². The van der Waals surface area contributed by atoms with E-state index in [9.17, 15) is 0 Å². The first kappa shape index (κ1) is 18.5. The van der Waals surface area contributed by atoms with E-state index in [2.05, 4.69) is 26.0 Å². The van der Waals surface area contributed by atoms with Gasteiger partial charge in [-0.1, -0.05) is 44.8 Å². The lowest BCUT2D eigenvalue weighted by molar-refractivity contribution is 0.107. The van der Waals surface area contributed by atoms with Crippen LogP contribution in [-0.4, -0.2) is 0 Å². The van der Waals surface area contributed by atoms with E-state index in [0.717, 1.165) is 35.5 Å². The van der Waals surface area contributed by atoms with Crippen molar-refractivity contribution < 1.29 is 0 Å². The van der Waals surface area contributed by atoms with E-state index in [-0.39, 0.29) is 0 Å². The van der Waals surface area contributed by atoms with Crippen molar-refractivity contribution in [3.8, 4) is 0 Å². The molecule has 0 heteroatoms. The molecule has 3 saturated carbocycles. The molecule has 0 unspecified atom stereocenters. The molecular formula is C24H42. The van der Waals surface area contributed by atoms with Crippen molar-refractivity contribution in [2.75, 3.05) is 0 Å². The third-order valence-electron chi connectivity index (χ3n) is 8.02. The molecule has 0 aromatic rings. The predicted octanol–water partition coefficient (Wildman–Crippen LogP) is 7.78. The maximum absolute atomic E-state index is 2.46. The zero-order chi connectivity index (χ0) is 16.8. The van der Waals surface area contributed by atoms with Crippen LogP contribution in [0, 0.1) is 35.5 Å². The standard InChI is InChI=1S/C24H42/c1-3-5-19-7-11-21(12-8-19)23-15-17-24(18-16-23)22-13-9-20(6-4-2)10-14-22/h3,5,19-24H,4,6-18H2,1-2H3/b5-3+/t19-,20-,21-,22-,23?,24?. The van der Waals surface area contributed by atoms with Gasteiger partial charge in [0.25, 0.3) is 0 Å². The van der Waals surface area contributed by atoms with Crippen LogP contribution >= 0.6 is 0 Å². The van der Waals surface area contributed by atoms with Crippen LogP contribution < -0.4 is 0 Å². The fourth-order valence-electron chi connectivity index (χ4n) is 6.53. The fraction of sp³-hybridized carbons (Fsp3) is 0.917. The molecule has 0 radical (unpaired) electrons. The summed E-state index contributed by atoms with van der Waals surface area (Å²) in [6, 6.07) is 0. The minimum atomic E-state index is 0.904. The molecule has 3 aliphatic carbocycles. The monoisotopic (exact) mass is 330 g/mol. The van der Waals surface area contributed by atoms with Gasteiger partial charge < -0.3 is 0 Å². The normalized spacial score (nSPS) is 41.6.